The number of hydrogen-bond donors (Lipinski definition) is 2. The summed E-state index contributed by atoms with van der Waals surface area (Å²) in [4.78, 5) is 18.1. The van der Waals surface area contributed by atoms with Crippen LogP contribution in [0.1, 0.15) is 52.2 Å². The minimum absolute atomic E-state index is 0.160. The van der Waals surface area contributed by atoms with Gasteiger partial charge in [-0.3, -0.25) is 4.79 Å². The van der Waals surface area contributed by atoms with Crippen LogP contribution in [-0.2, 0) is 0 Å². The van der Waals surface area contributed by atoms with E-state index in [1.165, 1.54) is 4.88 Å². The molecule has 0 unspecified atom stereocenters. The van der Waals surface area contributed by atoms with Crippen molar-refractivity contribution in [1.29, 1.82) is 0 Å². The SMILES string of the molecule is Cc1nc(NCC2CCC(NC(=O)c3c(F)c(C)c(F)c(F)c3Cl)CC2)sc1C. The standard InChI is InChI=1S/C20H23ClF3N3OS/c1-9-16(22)14(15(21)18(24)17(9)23)19(28)27-13-6-4-12(5-7-13)8-25-20-26-10(2)11(3)29-20/h12-13H,4-8H2,1-3H3,(H,25,26)(H,27,28). The normalized spacial score (nSPS) is 19.3. The number of thiazole rings is 1. The monoisotopic (exact) mass is 445 g/mol. The molecule has 29 heavy (non-hydrogen) atoms. The molecule has 0 saturated heterocycles. The van der Waals surface area contributed by atoms with Gasteiger partial charge in [-0.2, -0.15) is 0 Å². The Kier molecular flexibility index (Phi) is 6.73. The van der Waals surface area contributed by atoms with Gasteiger partial charge in [0.05, 0.1) is 16.3 Å². The van der Waals surface area contributed by atoms with Crippen LogP contribution in [0.25, 0.3) is 0 Å². The fraction of sp³-hybridized carbons (Fsp3) is 0.500. The van der Waals surface area contributed by atoms with Crippen LogP contribution in [0.15, 0.2) is 0 Å². The second-order valence-electron chi connectivity index (χ2n) is 7.49. The number of anilines is 1. The Bertz CT molecular complexity index is 878. The largest absolute Gasteiger partial charge is 0.361 e. The first-order valence-electron chi connectivity index (χ1n) is 9.50. The van der Waals surface area contributed by atoms with Crippen LogP contribution >= 0.6 is 22.9 Å². The van der Waals surface area contributed by atoms with Crippen LogP contribution < -0.4 is 10.6 Å². The van der Waals surface area contributed by atoms with E-state index in [0.29, 0.717) is 5.92 Å². The Labute approximate surface area is 176 Å². The van der Waals surface area contributed by atoms with Crippen molar-refractivity contribution in [1.82, 2.24) is 10.3 Å². The van der Waals surface area contributed by atoms with E-state index in [1.807, 2.05) is 13.8 Å². The number of carbonyl (C=O) groups excluding carboxylic acids is 1. The van der Waals surface area contributed by atoms with E-state index in [1.54, 1.807) is 11.3 Å². The van der Waals surface area contributed by atoms with E-state index in [-0.39, 0.29) is 6.04 Å². The lowest BCUT2D eigenvalue weighted by Gasteiger charge is -2.29. The van der Waals surface area contributed by atoms with Crippen molar-refractivity contribution in [2.75, 3.05) is 11.9 Å². The Morgan fingerprint density at radius 1 is 1.10 bits per heavy atom. The molecular weight excluding hydrogens is 423 g/mol. The zero-order valence-corrected chi connectivity index (χ0v) is 18.0. The fourth-order valence-corrected chi connectivity index (χ4v) is 4.57. The molecule has 2 N–H and O–H groups in total. The Morgan fingerprint density at radius 2 is 1.76 bits per heavy atom. The summed E-state index contributed by atoms with van der Waals surface area (Å²) in [5.41, 5.74) is -0.164. The van der Waals surface area contributed by atoms with Crippen molar-refractivity contribution in [2.45, 2.75) is 52.5 Å². The molecule has 0 bridgehead atoms. The highest BCUT2D eigenvalue weighted by Gasteiger charge is 2.29. The maximum Gasteiger partial charge on any atom is 0.256 e. The third-order valence-corrected chi connectivity index (χ3v) is 6.85. The first-order chi connectivity index (χ1) is 13.7. The van der Waals surface area contributed by atoms with Gasteiger partial charge in [-0.25, -0.2) is 18.2 Å². The molecule has 0 spiro atoms. The topological polar surface area (TPSA) is 54.0 Å². The van der Waals surface area contributed by atoms with E-state index in [9.17, 15) is 18.0 Å². The molecule has 1 saturated carbocycles. The lowest BCUT2D eigenvalue weighted by Crippen LogP contribution is -2.39. The first-order valence-corrected chi connectivity index (χ1v) is 10.7. The molecule has 1 amide bonds. The zero-order valence-electron chi connectivity index (χ0n) is 16.5. The van der Waals surface area contributed by atoms with Gasteiger partial charge in [0.2, 0.25) is 0 Å². The van der Waals surface area contributed by atoms with Gasteiger partial charge in [-0.05, 0) is 52.4 Å². The average Bonchev–Trinajstić information content (AvgIpc) is 3.02. The van der Waals surface area contributed by atoms with Crippen LogP contribution in [0, 0.1) is 44.1 Å². The molecule has 0 aliphatic heterocycles. The molecule has 1 fully saturated rings. The number of rotatable bonds is 5. The number of carbonyl (C=O) groups is 1. The van der Waals surface area contributed by atoms with Gasteiger partial charge >= 0.3 is 0 Å². The van der Waals surface area contributed by atoms with Gasteiger partial charge in [0.15, 0.2) is 16.8 Å². The second kappa shape index (κ2) is 8.92. The molecule has 4 nitrogen and oxygen atoms in total. The molecule has 0 radical (unpaired) electrons. The number of halogens is 4. The third-order valence-electron chi connectivity index (χ3n) is 5.46. The smallest absolute Gasteiger partial charge is 0.256 e. The highest BCUT2D eigenvalue weighted by molar-refractivity contribution is 7.15. The average molecular weight is 446 g/mol. The van der Waals surface area contributed by atoms with Gasteiger partial charge in [-0.1, -0.05) is 11.6 Å². The van der Waals surface area contributed by atoms with Crippen LogP contribution in [0.3, 0.4) is 0 Å². The van der Waals surface area contributed by atoms with Gasteiger partial charge < -0.3 is 10.6 Å². The number of benzene rings is 1. The third kappa shape index (κ3) is 4.69. The number of hydrogen-bond acceptors (Lipinski definition) is 4. The molecule has 1 aromatic heterocycles. The maximum absolute atomic E-state index is 14.3. The van der Waals surface area contributed by atoms with Crippen molar-refractivity contribution >= 4 is 34.0 Å². The lowest BCUT2D eigenvalue weighted by molar-refractivity contribution is 0.0918. The second-order valence-corrected chi connectivity index (χ2v) is 9.07. The van der Waals surface area contributed by atoms with Crippen LogP contribution in [0.2, 0.25) is 5.02 Å². The number of nitrogens with zero attached hydrogens (tertiary/aromatic N) is 1. The van der Waals surface area contributed by atoms with E-state index >= 15 is 0 Å². The molecule has 158 valence electrons. The van der Waals surface area contributed by atoms with E-state index < -0.39 is 39.5 Å². The van der Waals surface area contributed by atoms with Crippen LogP contribution in [0.4, 0.5) is 18.3 Å². The minimum atomic E-state index is -1.40. The van der Waals surface area contributed by atoms with Crippen molar-refractivity contribution in [3.8, 4) is 0 Å². The maximum atomic E-state index is 14.3. The Morgan fingerprint density at radius 3 is 2.34 bits per heavy atom. The van der Waals surface area contributed by atoms with Gasteiger partial charge in [0.25, 0.3) is 5.91 Å². The molecule has 1 heterocycles. The number of aromatic nitrogens is 1. The van der Waals surface area contributed by atoms with Crippen molar-refractivity contribution in [3.05, 3.63) is 44.2 Å². The predicted molar refractivity (Wildman–Crippen MR) is 109 cm³/mol. The Balaban J connectivity index is 1.55. The van der Waals surface area contributed by atoms with E-state index in [0.717, 1.165) is 50.0 Å². The molecular formula is C20H23ClF3N3OS. The van der Waals surface area contributed by atoms with Crippen molar-refractivity contribution < 1.29 is 18.0 Å². The summed E-state index contributed by atoms with van der Waals surface area (Å²) in [5.74, 6) is -4.28. The molecule has 1 aromatic carbocycles. The summed E-state index contributed by atoms with van der Waals surface area (Å²) in [6.07, 6.45) is 3.20. The quantitative estimate of drug-likeness (QED) is 0.469. The fourth-order valence-electron chi connectivity index (χ4n) is 3.50. The van der Waals surface area contributed by atoms with Crippen LogP contribution in [-0.4, -0.2) is 23.5 Å². The van der Waals surface area contributed by atoms with Crippen molar-refractivity contribution in [2.24, 2.45) is 5.92 Å². The molecule has 1 aliphatic carbocycles. The molecule has 3 rings (SSSR count). The molecule has 2 aromatic rings. The summed E-state index contributed by atoms with van der Waals surface area (Å²) >= 11 is 7.33. The highest BCUT2D eigenvalue weighted by atomic mass is 35.5. The summed E-state index contributed by atoms with van der Waals surface area (Å²) < 4.78 is 41.7. The van der Waals surface area contributed by atoms with Crippen molar-refractivity contribution in [3.63, 3.8) is 0 Å². The minimum Gasteiger partial charge on any atom is -0.361 e. The number of amides is 1. The van der Waals surface area contributed by atoms with E-state index in [4.69, 9.17) is 11.6 Å². The summed E-state index contributed by atoms with van der Waals surface area (Å²) in [6.45, 7) is 5.89. The molecule has 0 atom stereocenters. The highest BCUT2D eigenvalue weighted by Crippen LogP contribution is 2.30. The van der Waals surface area contributed by atoms with Gasteiger partial charge in [0, 0.05) is 23.0 Å². The van der Waals surface area contributed by atoms with Gasteiger partial charge in [-0.15, -0.1) is 11.3 Å². The molecule has 9 heteroatoms. The number of nitrogens with one attached hydrogen (secondary N) is 2. The summed E-state index contributed by atoms with van der Waals surface area (Å²) in [5, 5.41) is 6.17. The number of aryl methyl sites for hydroxylation is 2. The van der Waals surface area contributed by atoms with Gasteiger partial charge in [0.1, 0.15) is 5.82 Å². The zero-order chi connectivity index (χ0) is 21.3. The lowest BCUT2D eigenvalue weighted by atomic mass is 9.86. The van der Waals surface area contributed by atoms with E-state index in [2.05, 4.69) is 15.6 Å². The summed E-state index contributed by atoms with van der Waals surface area (Å²) in [6, 6.07) is -0.160. The van der Waals surface area contributed by atoms with Crippen LogP contribution in [0.5, 0.6) is 0 Å². The molecule has 1 aliphatic rings. The predicted octanol–water partition coefficient (Wildman–Crippen LogP) is 5.54. The first kappa shape index (κ1) is 21.9. The Hall–Kier alpha value is -1.80. The summed E-state index contributed by atoms with van der Waals surface area (Å²) in [7, 11) is 0.